The predicted octanol–water partition coefficient (Wildman–Crippen LogP) is 2.67. The fourth-order valence-corrected chi connectivity index (χ4v) is 2.74. The van der Waals surface area contributed by atoms with Crippen molar-refractivity contribution < 1.29 is 18.3 Å². The zero-order valence-electron chi connectivity index (χ0n) is 13.8. The maximum atomic E-state index is 13.2. The van der Waals surface area contributed by atoms with E-state index in [1.807, 2.05) is 6.07 Å². The first-order valence-electron chi connectivity index (χ1n) is 8.01. The van der Waals surface area contributed by atoms with Crippen molar-refractivity contribution in [1.82, 2.24) is 15.2 Å². The molecule has 25 heavy (non-hydrogen) atoms. The molecule has 3 rings (SSSR count). The van der Waals surface area contributed by atoms with Crippen LogP contribution in [0.15, 0.2) is 42.7 Å². The van der Waals surface area contributed by atoms with E-state index in [9.17, 15) is 13.6 Å². The van der Waals surface area contributed by atoms with Crippen molar-refractivity contribution >= 4 is 5.91 Å². The molecular weight excluding hydrogens is 328 g/mol. The van der Waals surface area contributed by atoms with E-state index in [0.29, 0.717) is 37.7 Å². The number of hydrogen-bond acceptors (Lipinski definition) is 4. The Labute approximate surface area is 144 Å². The Morgan fingerprint density at radius 2 is 2.12 bits per heavy atom. The van der Waals surface area contributed by atoms with Crippen LogP contribution in [0.3, 0.4) is 0 Å². The van der Waals surface area contributed by atoms with Crippen LogP contribution in [0.4, 0.5) is 8.78 Å². The zero-order valence-corrected chi connectivity index (χ0v) is 13.8. The minimum Gasteiger partial charge on any atom is -0.432 e. The molecule has 0 unspecified atom stereocenters. The second-order valence-electron chi connectivity index (χ2n) is 5.98. The lowest BCUT2D eigenvalue weighted by Crippen LogP contribution is -2.47. The summed E-state index contributed by atoms with van der Waals surface area (Å²) in [5, 5.41) is 3.02. The van der Waals surface area contributed by atoms with Gasteiger partial charge in [0.1, 0.15) is 5.75 Å². The van der Waals surface area contributed by atoms with Gasteiger partial charge in [-0.05, 0) is 17.7 Å². The average molecular weight is 347 g/mol. The lowest BCUT2D eigenvalue weighted by atomic mass is 10.0. The normalized spacial score (nSPS) is 15.3. The predicted molar refractivity (Wildman–Crippen MR) is 89.2 cm³/mol. The van der Waals surface area contributed by atoms with Gasteiger partial charge >= 0.3 is 6.11 Å². The van der Waals surface area contributed by atoms with E-state index in [1.54, 1.807) is 35.5 Å². The van der Waals surface area contributed by atoms with Crippen LogP contribution in [0.2, 0.25) is 0 Å². The van der Waals surface area contributed by atoms with Crippen LogP contribution in [-0.4, -0.2) is 41.5 Å². The van der Waals surface area contributed by atoms with E-state index >= 15 is 0 Å². The lowest BCUT2D eigenvalue weighted by Gasteiger charge is -2.27. The summed E-state index contributed by atoms with van der Waals surface area (Å²) in [6, 6.07) is 8.44. The minimum atomic E-state index is -3.27. The number of piperazine rings is 1. The van der Waals surface area contributed by atoms with E-state index in [1.165, 1.54) is 6.07 Å². The van der Waals surface area contributed by atoms with Crippen LogP contribution >= 0.6 is 0 Å². The van der Waals surface area contributed by atoms with Crippen molar-refractivity contribution in [1.29, 1.82) is 0 Å². The molecule has 0 saturated carbocycles. The van der Waals surface area contributed by atoms with Crippen molar-refractivity contribution in [2.24, 2.45) is 0 Å². The molecule has 1 aromatic heterocycles. The Kier molecular flexibility index (Phi) is 4.94. The number of benzene rings is 1. The maximum absolute atomic E-state index is 13.2. The van der Waals surface area contributed by atoms with Crippen LogP contribution in [0.1, 0.15) is 12.5 Å². The van der Waals surface area contributed by atoms with Crippen molar-refractivity contribution in [2.75, 3.05) is 19.6 Å². The fraction of sp³-hybridized carbons (Fsp3) is 0.333. The van der Waals surface area contributed by atoms with Crippen LogP contribution in [0.5, 0.6) is 5.75 Å². The molecule has 1 fully saturated rings. The summed E-state index contributed by atoms with van der Waals surface area (Å²) in [5.74, 6) is 0.123. The Morgan fingerprint density at radius 1 is 1.32 bits per heavy atom. The number of carbonyl (C=O) groups excluding carboxylic acids is 1. The number of alkyl halides is 2. The number of nitrogens with zero attached hydrogens (tertiary/aromatic N) is 2. The summed E-state index contributed by atoms with van der Waals surface area (Å²) in [6.45, 7) is 2.85. The van der Waals surface area contributed by atoms with E-state index in [4.69, 9.17) is 4.74 Å². The van der Waals surface area contributed by atoms with Crippen molar-refractivity contribution in [3.8, 4) is 16.9 Å². The molecule has 2 heterocycles. The summed E-state index contributed by atoms with van der Waals surface area (Å²) in [7, 11) is 0. The quantitative estimate of drug-likeness (QED) is 0.904. The third kappa shape index (κ3) is 4.51. The molecule has 0 atom stereocenters. The molecule has 0 bridgehead atoms. The number of hydrogen-bond donors (Lipinski definition) is 1. The minimum absolute atomic E-state index is 0.0333. The molecule has 1 N–H and O–H groups in total. The Bertz CT molecular complexity index is 762. The van der Waals surface area contributed by atoms with Crippen LogP contribution in [0, 0.1) is 0 Å². The Balaban J connectivity index is 1.85. The molecular formula is C18H19F2N3O2. The molecule has 2 aromatic rings. The number of para-hydroxylation sites is 1. The number of rotatable bonds is 5. The van der Waals surface area contributed by atoms with Gasteiger partial charge in [-0.3, -0.25) is 9.78 Å². The largest absolute Gasteiger partial charge is 0.432 e. The second kappa shape index (κ2) is 7.14. The van der Waals surface area contributed by atoms with Gasteiger partial charge in [0.15, 0.2) is 0 Å². The van der Waals surface area contributed by atoms with Gasteiger partial charge in [0, 0.05) is 50.1 Å². The maximum Gasteiger partial charge on any atom is 0.394 e. The summed E-state index contributed by atoms with van der Waals surface area (Å²) < 4.78 is 31.3. The van der Waals surface area contributed by atoms with Crippen LogP contribution < -0.4 is 10.1 Å². The molecule has 1 aliphatic rings. The summed E-state index contributed by atoms with van der Waals surface area (Å²) in [6.07, 6.45) is 0.00412. The molecule has 5 nitrogen and oxygen atoms in total. The lowest BCUT2D eigenvalue weighted by molar-refractivity contribution is -0.158. The van der Waals surface area contributed by atoms with Crippen LogP contribution in [0.25, 0.3) is 11.1 Å². The smallest absolute Gasteiger partial charge is 0.394 e. The van der Waals surface area contributed by atoms with Crippen molar-refractivity contribution in [3.63, 3.8) is 0 Å². The summed E-state index contributed by atoms with van der Waals surface area (Å²) in [4.78, 5) is 17.8. The zero-order chi connectivity index (χ0) is 17.9. The number of ether oxygens (including phenoxy) is 1. The van der Waals surface area contributed by atoms with Gasteiger partial charge in [-0.1, -0.05) is 18.2 Å². The van der Waals surface area contributed by atoms with E-state index in [0.717, 1.165) is 12.1 Å². The summed E-state index contributed by atoms with van der Waals surface area (Å²) >= 11 is 0. The van der Waals surface area contributed by atoms with Gasteiger partial charge in [-0.2, -0.15) is 8.78 Å². The highest BCUT2D eigenvalue weighted by Gasteiger charge is 2.25. The molecule has 1 aliphatic heterocycles. The monoisotopic (exact) mass is 347 g/mol. The van der Waals surface area contributed by atoms with E-state index in [-0.39, 0.29) is 11.7 Å². The molecule has 132 valence electrons. The van der Waals surface area contributed by atoms with Crippen molar-refractivity contribution in [2.45, 2.75) is 19.6 Å². The van der Waals surface area contributed by atoms with Gasteiger partial charge < -0.3 is 15.0 Å². The highest BCUT2D eigenvalue weighted by atomic mass is 19.3. The number of pyridine rings is 1. The molecule has 1 saturated heterocycles. The van der Waals surface area contributed by atoms with Gasteiger partial charge in [-0.15, -0.1) is 0 Å². The molecule has 7 heteroatoms. The fourth-order valence-electron chi connectivity index (χ4n) is 2.74. The number of halogens is 2. The standard InChI is InChI=1S/C18H19F2N3O2/c1-18(19,20)25-16-5-3-2-4-15(16)14-8-13(9-22-10-14)12-23-7-6-21-11-17(23)24/h2-5,8-10,21H,6-7,11-12H2,1H3. The van der Waals surface area contributed by atoms with E-state index < -0.39 is 6.11 Å². The van der Waals surface area contributed by atoms with Gasteiger partial charge in [-0.25, -0.2) is 0 Å². The summed E-state index contributed by atoms with van der Waals surface area (Å²) in [5.41, 5.74) is 2.04. The number of nitrogens with one attached hydrogen (secondary N) is 1. The van der Waals surface area contributed by atoms with Gasteiger partial charge in [0.2, 0.25) is 5.91 Å². The number of amides is 1. The molecule has 0 spiro atoms. The average Bonchev–Trinajstić information content (AvgIpc) is 2.56. The Hall–Kier alpha value is -2.54. The second-order valence-corrected chi connectivity index (χ2v) is 5.98. The highest BCUT2D eigenvalue weighted by molar-refractivity contribution is 5.79. The van der Waals surface area contributed by atoms with Gasteiger partial charge in [0.05, 0.1) is 6.54 Å². The van der Waals surface area contributed by atoms with Gasteiger partial charge in [0.25, 0.3) is 0 Å². The highest BCUT2D eigenvalue weighted by Crippen LogP contribution is 2.33. The first-order valence-corrected chi connectivity index (χ1v) is 8.01. The SMILES string of the molecule is CC(F)(F)Oc1ccccc1-c1cncc(CN2CCNCC2=O)c1. The molecule has 0 aliphatic carbocycles. The number of aromatic nitrogens is 1. The Morgan fingerprint density at radius 3 is 2.88 bits per heavy atom. The molecule has 1 amide bonds. The first-order chi connectivity index (χ1) is 11.9. The third-order valence-electron chi connectivity index (χ3n) is 3.84. The number of carbonyl (C=O) groups is 1. The van der Waals surface area contributed by atoms with E-state index in [2.05, 4.69) is 10.3 Å². The third-order valence-corrected chi connectivity index (χ3v) is 3.84. The topological polar surface area (TPSA) is 54.5 Å². The molecule has 0 radical (unpaired) electrons. The van der Waals surface area contributed by atoms with Crippen LogP contribution in [-0.2, 0) is 11.3 Å². The van der Waals surface area contributed by atoms with Crippen molar-refractivity contribution in [3.05, 3.63) is 48.3 Å². The molecule has 1 aromatic carbocycles. The first kappa shape index (κ1) is 17.3.